The highest BCUT2D eigenvalue weighted by molar-refractivity contribution is 7.90. The Bertz CT molecular complexity index is 500. The second kappa shape index (κ2) is 5.89. The molecule has 0 saturated heterocycles. The summed E-state index contributed by atoms with van der Waals surface area (Å²) in [6, 6.07) is 0. The second-order valence-corrected chi connectivity index (χ2v) is 5.15. The Morgan fingerprint density at radius 1 is 1.39 bits per heavy atom. The molecule has 0 radical (unpaired) electrons. The SMILES string of the molecule is C=C[C@H]([C@@H](OC)c1cnc(OC)cn1)S(N)(=O)=O. The van der Waals surface area contributed by atoms with E-state index in [1.54, 1.807) is 0 Å². The lowest BCUT2D eigenvalue weighted by molar-refractivity contribution is 0.104. The van der Waals surface area contributed by atoms with Crippen molar-refractivity contribution in [1.29, 1.82) is 0 Å². The predicted molar refractivity (Wildman–Crippen MR) is 65.4 cm³/mol. The van der Waals surface area contributed by atoms with Crippen LogP contribution in [-0.2, 0) is 14.8 Å². The standard InChI is InChI=1S/C10H15N3O4S/c1-4-8(18(11,14)15)10(17-3)7-5-13-9(16-2)6-12-7/h4-6,8,10H,1H2,2-3H3,(H2,11,14,15)/t8-,10+/m1/s1. The molecule has 0 saturated carbocycles. The van der Waals surface area contributed by atoms with Gasteiger partial charge in [-0.2, -0.15) is 0 Å². The minimum absolute atomic E-state index is 0.319. The second-order valence-electron chi connectivity index (χ2n) is 3.43. The number of sulfonamides is 1. The van der Waals surface area contributed by atoms with Crippen molar-refractivity contribution in [2.24, 2.45) is 5.14 Å². The molecule has 0 aliphatic carbocycles. The molecule has 0 fully saturated rings. The van der Waals surface area contributed by atoms with Gasteiger partial charge in [-0.15, -0.1) is 6.58 Å². The first kappa shape index (κ1) is 14.6. The van der Waals surface area contributed by atoms with Gasteiger partial charge in [0.15, 0.2) is 0 Å². The lowest BCUT2D eigenvalue weighted by atomic mass is 10.2. The minimum Gasteiger partial charge on any atom is -0.480 e. The number of methoxy groups -OCH3 is 2. The molecule has 1 rings (SSSR count). The van der Waals surface area contributed by atoms with Gasteiger partial charge < -0.3 is 9.47 Å². The van der Waals surface area contributed by atoms with Gasteiger partial charge in [0.2, 0.25) is 15.9 Å². The average Bonchev–Trinajstić information content (AvgIpc) is 2.34. The zero-order valence-corrected chi connectivity index (χ0v) is 10.9. The molecule has 0 aromatic carbocycles. The summed E-state index contributed by atoms with van der Waals surface area (Å²) in [7, 11) is -1.02. The van der Waals surface area contributed by atoms with Gasteiger partial charge >= 0.3 is 0 Å². The van der Waals surface area contributed by atoms with Gasteiger partial charge in [-0.3, -0.25) is 4.98 Å². The summed E-state index contributed by atoms with van der Waals surface area (Å²) < 4.78 is 32.8. The molecule has 0 aliphatic heterocycles. The van der Waals surface area contributed by atoms with Crippen molar-refractivity contribution in [2.75, 3.05) is 14.2 Å². The van der Waals surface area contributed by atoms with Gasteiger partial charge in [-0.1, -0.05) is 6.08 Å². The number of primary sulfonamides is 1. The van der Waals surface area contributed by atoms with Crippen molar-refractivity contribution >= 4 is 10.0 Å². The van der Waals surface area contributed by atoms with Crippen LogP contribution in [0, 0.1) is 0 Å². The van der Waals surface area contributed by atoms with Crippen LogP contribution in [0.2, 0.25) is 0 Å². The summed E-state index contributed by atoms with van der Waals surface area (Å²) in [5, 5.41) is 4.02. The summed E-state index contributed by atoms with van der Waals surface area (Å²) in [6.45, 7) is 3.44. The van der Waals surface area contributed by atoms with Crippen LogP contribution in [0.25, 0.3) is 0 Å². The molecule has 2 N–H and O–H groups in total. The number of nitrogens with two attached hydrogens (primary N) is 1. The van der Waals surface area contributed by atoms with Crippen molar-refractivity contribution in [2.45, 2.75) is 11.4 Å². The van der Waals surface area contributed by atoms with E-state index in [2.05, 4.69) is 16.5 Å². The van der Waals surface area contributed by atoms with Gasteiger partial charge in [-0.05, 0) is 0 Å². The van der Waals surface area contributed by atoms with E-state index in [1.165, 1.54) is 32.7 Å². The first-order chi connectivity index (χ1) is 8.43. The Balaban J connectivity index is 3.11. The molecule has 0 aliphatic rings. The highest BCUT2D eigenvalue weighted by Crippen LogP contribution is 2.23. The summed E-state index contributed by atoms with van der Waals surface area (Å²) in [6.07, 6.45) is 3.07. The number of rotatable bonds is 6. The normalized spacial score (nSPS) is 14.8. The molecule has 0 spiro atoms. The lowest BCUT2D eigenvalue weighted by Gasteiger charge is -2.20. The first-order valence-corrected chi connectivity index (χ1v) is 6.58. The molecule has 2 atom stereocenters. The molecular formula is C10H15N3O4S. The van der Waals surface area contributed by atoms with Crippen molar-refractivity contribution in [3.05, 3.63) is 30.7 Å². The van der Waals surface area contributed by atoms with E-state index in [-0.39, 0.29) is 0 Å². The average molecular weight is 273 g/mol. The molecule has 8 heteroatoms. The fraction of sp³-hybridized carbons (Fsp3) is 0.400. The van der Waals surface area contributed by atoms with Crippen LogP contribution in [0.5, 0.6) is 5.88 Å². The quantitative estimate of drug-likeness (QED) is 0.732. The lowest BCUT2D eigenvalue weighted by Crippen LogP contribution is -2.33. The van der Waals surface area contributed by atoms with Crippen LogP contribution in [0.15, 0.2) is 25.0 Å². The third-order valence-corrected chi connectivity index (χ3v) is 3.51. The summed E-state index contributed by atoms with van der Waals surface area (Å²) >= 11 is 0. The van der Waals surface area contributed by atoms with E-state index in [0.29, 0.717) is 11.6 Å². The van der Waals surface area contributed by atoms with E-state index in [4.69, 9.17) is 14.6 Å². The molecule has 0 amide bonds. The highest BCUT2D eigenvalue weighted by Gasteiger charge is 2.31. The van der Waals surface area contributed by atoms with Gasteiger partial charge in [0, 0.05) is 7.11 Å². The monoisotopic (exact) mass is 273 g/mol. The maximum absolute atomic E-state index is 11.4. The van der Waals surface area contributed by atoms with Gasteiger partial charge in [-0.25, -0.2) is 18.5 Å². The minimum atomic E-state index is -3.83. The smallest absolute Gasteiger partial charge is 0.231 e. The summed E-state index contributed by atoms with van der Waals surface area (Å²) in [5.74, 6) is 0.319. The van der Waals surface area contributed by atoms with E-state index in [9.17, 15) is 8.42 Å². The summed E-state index contributed by atoms with van der Waals surface area (Å²) in [4.78, 5) is 7.95. The van der Waals surface area contributed by atoms with E-state index in [1.807, 2.05) is 0 Å². The fourth-order valence-corrected chi connectivity index (χ4v) is 2.30. The number of hydrogen-bond donors (Lipinski definition) is 1. The molecule has 7 nitrogen and oxygen atoms in total. The van der Waals surface area contributed by atoms with Crippen LogP contribution in [0.4, 0.5) is 0 Å². The van der Waals surface area contributed by atoms with Crippen LogP contribution in [0.1, 0.15) is 11.8 Å². The third-order valence-electron chi connectivity index (χ3n) is 2.31. The maximum Gasteiger partial charge on any atom is 0.231 e. The zero-order chi connectivity index (χ0) is 13.8. The van der Waals surface area contributed by atoms with Gasteiger partial charge in [0.1, 0.15) is 11.4 Å². The molecule has 18 heavy (non-hydrogen) atoms. The van der Waals surface area contributed by atoms with Gasteiger partial charge in [0.05, 0.1) is 25.2 Å². The maximum atomic E-state index is 11.4. The Hall–Kier alpha value is -1.51. The van der Waals surface area contributed by atoms with Crippen molar-refractivity contribution in [3.8, 4) is 5.88 Å². The molecule has 1 aromatic heterocycles. The molecular weight excluding hydrogens is 258 g/mol. The van der Waals surface area contributed by atoms with Crippen LogP contribution < -0.4 is 9.88 Å². The fourth-order valence-electron chi connectivity index (χ4n) is 1.43. The summed E-state index contributed by atoms with van der Waals surface area (Å²) in [5.41, 5.74) is 0.331. The Morgan fingerprint density at radius 3 is 2.39 bits per heavy atom. The molecule has 1 heterocycles. The number of aromatic nitrogens is 2. The third kappa shape index (κ3) is 3.25. The topological polar surface area (TPSA) is 104 Å². The largest absolute Gasteiger partial charge is 0.480 e. The van der Waals surface area contributed by atoms with E-state index in [0.717, 1.165) is 0 Å². The van der Waals surface area contributed by atoms with Crippen molar-refractivity contribution in [1.82, 2.24) is 9.97 Å². The molecule has 0 bridgehead atoms. The molecule has 1 aromatic rings. The number of ether oxygens (including phenoxy) is 2. The number of hydrogen-bond acceptors (Lipinski definition) is 6. The highest BCUT2D eigenvalue weighted by atomic mass is 32.2. The number of nitrogens with zero attached hydrogens (tertiary/aromatic N) is 2. The zero-order valence-electron chi connectivity index (χ0n) is 10.1. The van der Waals surface area contributed by atoms with Crippen LogP contribution in [0.3, 0.4) is 0 Å². The van der Waals surface area contributed by atoms with Gasteiger partial charge in [0.25, 0.3) is 0 Å². The molecule has 100 valence electrons. The van der Waals surface area contributed by atoms with Crippen molar-refractivity contribution < 1.29 is 17.9 Å². The first-order valence-electron chi connectivity index (χ1n) is 4.97. The van der Waals surface area contributed by atoms with Crippen LogP contribution in [-0.4, -0.2) is 37.9 Å². The Morgan fingerprint density at radius 2 is 2.06 bits per heavy atom. The molecule has 0 unspecified atom stereocenters. The van der Waals surface area contributed by atoms with E-state index >= 15 is 0 Å². The predicted octanol–water partition coefficient (Wildman–Crippen LogP) is 0.0158. The Kier molecular flexibility index (Phi) is 4.76. The van der Waals surface area contributed by atoms with E-state index < -0.39 is 21.4 Å². The van der Waals surface area contributed by atoms with Crippen molar-refractivity contribution in [3.63, 3.8) is 0 Å². The Labute approximate surface area is 106 Å². The van der Waals surface area contributed by atoms with Crippen LogP contribution >= 0.6 is 0 Å².